The second-order valence-corrected chi connectivity index (χ2v) is 2.15. The van der Waals surface area contributed by atoms with Gasteiger partial charge in [0.05, 0.1) is 0 Å². The predicted octanol–water partition coefficient (Wildman–Crippen LogP) is -0.152. The molecule has 0 aliphatic carbocycles. The number of halogens is 1. The van der Waals surface area contributed by atoms with E-state index in [1.54, 1.807) is 19.2 Å². The Bertz CT molecular complexity index is 290. The zero-order chi connectivity index (χ0) is 7.56. The minimum Gasteiger partial charge on any atom is -0.321 e. The molecule has 4 nitrogen and oxygen atoms in total. The van der Waals surface area contributed by atoms with Crippen LogP contribution in [0.1, 0.15) is 0 Å². The monoisotopic (exact) mass is 158 g/mol. The second kappa shape index (κ2) is 2.70. The van der Waals surface area contributed by atoms with Crippen LogP contribution in [0.25, 0.3) is 0 Å². The van der Waals surface area contributed by atoms with E-state index in [1.807, 2.05) is 0 Å². The third-order valence-electron chi connectivity index (χ3n) is 1.08. The molecule has 0 saturated heterocycles. The molecule has 0 bridgehead atoms. The smallest absolute Gasteiger partial charge is 0.168 e. The van der Waals surface area contributed by atoms with Gasteiger partial charge < -0.3 is 5.84 Å². The first-order chi connectivity index (χ1) is 4.74. The fraction of sp³-hybridized carbons (Fsp3) is 0.200. The lowest BCUT2D eigenvalue weighted by molar-refractivity contribution is 0.684. The fourth-order valence-electron chi connectivity index (χ4n) is 0.606. The lowest BCUT2D eigenvalue weighted by Crippen LogP contribution is -2.21. The molecule has 0 radical (unpaired) electrons. The summed E-state index contributed by atoms with van der Waals surface area (Å²) in [6, 6.07) is 3.32. The lowest BCUT2D eigenvalue weighted by atomic mass is 10.6. The second-order valence-electron chi connectivity index (χ2n) is 1.77. The number of aryl methyl sites for hydroxylation is 1. The molecule has 1 aromatic heterocycles. The van der Waals surface area contributed by atoms with Crippen molar-refractivity contribution in [2.24, 2.45) is 18.0 Å². The SMILES string of the molecule is Cn1nc(Cl)cc/c1=N/N. The van der Waals surface area contributed by atoms with E-state index in [4.69, 9.17) is 17.4 Å². The van der Waals surface area contributed by atoms with Crippen molar-refractivity contribution in [3.8, 4) is 0 Å². The topological polar surface area (TPSA) is 56.2 Å². The Kier molecular flexibility index (Phi) is 1.91. The summed E-state index contributed by atoms with van der Waals surface area (Å²) >= 11 is 5.56. The van der Waals surface area contributed by atoms with E-state index in [1.165, 1.54) is 4.68 Å². The molecule has 1 heterocycles. The van der Waals surface area contributed by atoms with Crippen molar-refractivity contribution >= 4 is 11.6 Å². The normalized spacial score (nSPS) is 12.0. The summed E-state index contributed by atoms with van der Waals surface area (Å²) < 4.78 is 1.50. The molecule has 5 heteroatoms. The van der Waals surface area contributed by atoms with Gasteiger partial charge in [0.2, 0.25) is 0 Å². The summed E-state index contributed by atoms with van der Waals surface area (Å²) in [5.41, 5.74) is 0.587. The number of hydrogen-bond acceptors (Lipinski definition) is 3. The highest BCUT2D eigenvalue weighted by Gasteiger charge is 1.88. The molecule has 0 saturated carbocycles. The Morgan fingerprint density at radius 1 is 1.70 bits per heavy atom. The standard InChI is InChI=1S/C5H7ClN4/c1-10-5(8-7)3-2-4(6)9-10/h2-3H,7H2,1H3/b8-5-. The molecule has 0 fully saturated rings. The number of nitrogens with zero attached hydrogens (tertiary/aromatic N) is 3. The van der Waals surface area contributed by atoms with Crippen LogP contribution in [0.3, 0.4) is 0 Å². The number of nitrogens with two attached hydrogens (primary N) is 1. The first kappa shape index (κ1) is 7.08. The highest BCUT2D eigenvalue weighted by molar-refractivity contribution is 6.29. The minimum absolute atomic E-state index is 0.426. The summed E-state index contributed by atoms with van der Waals surface area (Å²) in [4.78, 5) is 0. The number of rotatable bonds is 0. The molecule has 0 amide bonds. The molecule has 1 aromatic rings. The first-order valence-corrected chi connectivity index (χ1v) is 3.05. The first-order valence-electron chi connectivity index (χ1n) is 2.68. The highest BCUT2D eigenvalue weighted by atomic mass is 35.5. The molecule has 1 rings (SSSR count). The van der Waals surface area contributed by atoms with Gasteiger partial charge in [0.25, 0.3) is 0 Å². The van der Waals surface area contributed by atoms with Crippen LogP contribution in [-0.4, -0.2) is 9.78 Å². The zero-order valence-electron chi connectivity index (χ0n) is 5.45. The van der Waals surface area contributed by atoms with Crippen molar-refractivity contribution < 1.29 is 0 Å². The summed E-state index contributed by atoms with van der Waals surface area (Å²) in [7, 11) is 1.72. The maximum absolute atomic E-state index is 5.56. The summed E-state index contributed by atoms with van der Waals surface area (Å²) in [5.74, 6) is 5.02. The van der Waals surface area contributed by atoms with Crippen LogP contribution < -0.4 is 11.3 Å². The Morgan fingerprint density at radius 2 is 2.40 bits per heavy atom. The van der Waals surface area contributed by atoms with Crippen LogP contribution in [0.4, 0.5) is 0 Å². The van der Waals surface area contributed by atoms with Gasteiger partial charge in [0.15, 0.2) is 5.49 Å². The van der Waals surface area contributed by atoms with Crippen molar-refractivity contribution in [2.45, 2.75) is 0 Å². The van der Waals surface area contributed by atoms with Crippen molar-refractivity contribution in [1.29, 1.82) is 0 Å². The average Bonchev–Trinajstić information content (AvgIpc) is 1.88. The number of aromatic nitrogens is 2. The van der Waals surface area contributed by atoms with Crippen LogP contribution >= 0.6 is 11.6 Å². The molecule has 0 unspecified atom stereocenters. The van der Waals surface area contributed by atoms with Gasteiger partial charge >= 0.3 is 0 Å². The van der Waals surface area contributed by atoms with Gasteiger partial charge in [-0.15, -0.1) is 0 Å². The maximum Gasteiger partial charge on any atom is 0.168 e. The van der Waals surface area contributed by atoms with Gasteiger partial charge in [-0.05, 0) is 12.1 Å². The molecular formula is C5H7ClN4. The highest BCUT2D eigenvalue weighted by Crippen LogP contribution is 1.95. The number of hydrogen-bond donors (Lipinski definition) is 1. The summed E-state index contributed by atoms with van der Waals surface area (Å²) in [6.07, 6.45) is 0. The molecule has 54 valence electrons. The molecular weight excluding hydrogens is 152 g/mol. The van der Waals surface area contributed by atoms with E-state index in [0.29, 0.717) is 10.6 Å². The van der Waals surface area contributed by atoms with Crippen molar-refractivity contribution in [2.75, 3.05) is 0 Å². The van der Waals surface area contributed by atoms with Crippen LogP contribution in [0.5, 0.6) is 0 Å². The van der Waals surface area contributed by atoms with E-state index in [9.17, 15) is 0 Å². The maximum atomic E-state index is 5.56. The largest absolute Gasteiger partial charge is 0.321 e. The molecule has 0 aromatic carbocycles. The third kappa shape index (κ3) is 1.27. The Balaban J connectivity index is 3.34. The Labute approximate surface area is 62.9 Å². The molecule has 0 aliphatic rings. The van der Waals surface area contributed by atoms with Gasteiger partial charge in [-0.3, -0.25) is 0 Å². The predicted molar refractivity (Wildman–Crippen MR) is 38.0 cm³/mol. The van der Waals surface area contributed by atoms with Gasteiger partial charge in [0.1, 0.15) is 5.15 Å². The van der Waals surface area contributed by atoms with Crippen LogP contribution in [-0.2, 0) is 7.05 Å². The molecule has 0 aliphatic heterocycles. The van der Waals surface area contributed by atoms with Gasteiger partial charge in [-0.2, -0.15) is 10.2 Å². The van der Waals surface area contributed by atoms with Crippen LogP contribution in [0.2, 0.25) is 5.15 Å². The molecule has 10 heavy (non-hydrogen) atoms. The summed E-state index contributed by atoms with van der Waals surface area (Å²) in [5, 5.41) is 7.73. The average molecular weight is 159 g/mol. The zero-order valence-corrected chi connectivity index (χ0v) is 6.21. The van der Waals surface area contributed by atoms with Crippen molar-refractivity contribution in [3.05, 3.63) is 22.8 Å². The van der Waals surface area contributed by atoms with Gasteiger partial charge in [-0.25, -0.2) is 4.68 Å². The van der Waals surface area contributed by atoms with E-state index in [-0.39, 0.29) is 0 Å². The van der Waals surface area contributed by atoms with Crippen LogP contribution in [0, 0.1) is 0 Å². The van der Waals surface area contributed by atoms with E-state index in [0.717, 1.165) is 0 Å². The van der Waals surface area contributed by atoms with Crippen molar-refractivity contribution in [1.82, 2.24) is 9.78 Å². The van der Waals surface area contributed by atoms with E-state index < -0.39 is 0 Å². The quantitative estimate of drug-likeness (QED) is 0.422. The fourth-order valence-corrected chi connectivity index (χ4v) is 0.782. The van der Waals surface area contributed by atoms with E-state index in [2.05, 4.69) is 10.2 Å². The Hall–Kier alpha value is -1.03. The van der Waals surface area contributed by atoms with E-state index >= 15 is 0 Å². The van der Waals surface area contributed by atoms with Crippen molar-refractivity contribution in [3.63, 3.8) is 0 Å². The third-order valence-corrected chi connectivity index (χ3v) is 1.28. The molecule has 0 atom stereocenters. The van der Waals surface area contributed by atoms with Gasteiger partial charge in [0, 0.05) is 7.05 Å². The lowest BCUT2D eigenvalue weighted by Gasteiger charge is -1.95. The van der Waals surface area contributed by atoms with Crippen LogP contribution in [0.15, 0.2) is 17.2 Å². The molecule has 0 spiro atoms. The molecule has 2 N–H and O–H groups in total. The minimum atomic E-state index is 0.426. The van der Waals surface area contributed by atoms with Gasteiger partial charge in [-0.1, -0.05) is 11.6 Å². The summed E-state index contributed by atoms with van der Waals surface area (Å²) in [6.45, 7) is 0. The Morgan fingerprint density at radius 3 is 2.90 bits per heavy atom.